The number of fused-ring (bicyclic) bond motifs is 1. The number of benzene rings is 2. The number of nitrogens with zero attached hydrogens (tertiary/aromatic N) is 2. The van der Waals surface area contributed by atoms with E-state index in [4.69, 9.17) is 53.9 Å². The number of esters is 1. The molecule has 2 aromatic rings. The summed E-state index contributed by atoms with van der Waals surface area (Å²) in [7, 11) is -2.69. The van der Waals surface area contributed by atoms with E-state index < -0.39 is 39.3 Å². The number of carbonyl (C=O) groups is 2. The van der Waals surface area contributed by atoms with Crippen LogP contribution in [-0.4, -0.2) is 70.7 Å². The molecule has 202 valence electrons. The van der Waals surface area contributed by atoms with E-state index in [2.05, 4.69) is 9.55 Å². The van der Waals surface area contributed by atoms with Gasteiger partial charge in [0.1, 0.15) is 12.4 Å². The molecular formula is C19H19Cl3N4O9S2. The maximum absolute atomic E-state index is 12.9. The van der Waals surface area contributed by atoms with Crippen molar-refractivity contribution in [3.8, 4) is 5.75 Å². The van der Waals surface area contributed by atoms with E-state index in [1.165, 1.54) is 41.4 Å². The second-order valence-electron chi connectivity index (χ2n) is 7.50. The van der Waals surface area contributed by atoms with Crippen molar-refractivity contribution in [1.29, 1.82) is 0 Å². The van der Waals surface area contributed by atoms with Gasteiger partial charge < -0.3 is 14.6 Å². The van der Waals surface area contributed by atoms with Gasteiger partial charge in [0.2, 0.25) is 0 Å². The third kappa shape index (κ3) is 7.66. The summed E-state index contributed by atoms with van der Waals surface area (Å²) in [6.45, 7) is -0.548. The molecule has 13 nitrogen and oxygen atoms in total. The van der Waals surface area contributed by atoms with E-state index in [1.54, 1.807) is 0 Å². The maximum Gasteiger partial charge on any atom is 0.417 e. The van der Waals surface area contributed by atoms with Crippen molar-refractivity contribution in [3.05, 3.63) is 51.0 Å². The summed E-state index contributed by atoms with van der Waals surface area (Å²) in [5.41, 5.74) is 0.199. The normalized spacial score (nSPS) is 16.5. The van der Waals surface area contributed by atoms with Crippen LogP contribution in [0.2, 0.25) is 15.1 Å². The smallest absolute Gasteiger partial charge is 0.417 e. The first-order valence-electron chi connectivity index (χ1n) is 9.99. The minimum Gasteiger partial charge on any atom is -0.490 e. The van der Waals surface area contributed by atoms with Gasteiger partial charge in [-0.3, -0.25) is 9.27 Å². The fourth-order valence-electron chi connectivity index (χ4n) is 3.19. The quantitative estimate of drug-likeness (QED) is 0.184. The summed E-state index contributed by atoms with van der Waals surface area (Å²) in [4.78, 5) is 24.9. The summed E-state index contributed by atoms with van der Waals surface area (Å²) in [6, 6.07) is 6.84. The molecule has 2 aromatic carbocycles. The number of carboxylic acids is 1. The number of rotatable bonds is 9. The second kappa shape index (κ2) is 12.1. The van der Waals surface area contributed by atoms with E-state index in [1.807, 2.05) is 0 Å². The van der Waals surface area contributed by atoms with Crippen LogP contribution in [0.25, 0.3) is 0 Å². The fraction of sp³-hybridized carbons (Fsp3) is 0.263. The highest BCUT2D eigenvalue weighted by molar-refractivity contribution is 7.89. The van der Waals surface area contributed by atoms with Crippen LogP contribution in [0.1, 0.15) is 5.56 Å². The van der Waals surface area contributed by atoms with Gasteiger partial charge in [0.15, 0.2) is 6.10 Å². The van der Waals surface area contributed by atoms with Crippen LogP contribution in [0.15, 0.2) is 35.2 Å². The Morgan fingerprint density at radius 1 is 1.22 bits per heavy atom. The predicted octanol–water partition coefficient (Wildman–Crippen LogP) is 2.13. The third-order valence-corrected chi connectivity index (χ3v) is 7.69. The topological polar surface area (TPSA) is 175 Å². The SMILES string of the molecule is CN(CC(COc1ccc(Cl)c(Cl)c1)OC(=O)C(=O)O)N1Cc2cc(Cl)c(NS(=O)O)cc2S(=O)(=O)N1. The lowest BCUT2D eigenvalue weighted by molar-refractivity contribution is -0.171. The Labute approximate surface area is 228 Å². The minimum atomic E-state index is -4.15. The molecule has 18 heteroatoms. The van der Waals surface area contributed by atoms with Crippen molar-refractivity contribution >= 4 is 73.7 Å². The molecule has 1 aliphatic rings. The molecule has 0 saturated heterocycles. The summed E-state index contributed by atoms with van der Waals surface area (Å²) >= 11 is 15.5. The highest BCUT2D eigenvalue weighted by atomic mass is 35.5. The van der Waals surface area contributed by atoms with Crippen LogP contribution in [0.5, 0.6) is 5.75 Å². The number of hydrogen-bond donors (Lipinski definition) is 4. The minimum absolute atomic E-state index is 0.00384. The molecule has 2 atom stereocenters. The molecule has 0 aromatic heterocycles. The van der Waals surface area contributed by atoms with Crippen LogP contribution >= 0.6 is 34.8 Å². The Morgan fingerprint density at radius 3 is 2.54 bits per heavy atom. The van der Waals surface area contributed by atoms with E-state index in [-0.39, 0.29) is 56.7 Å². The van der Waals surface area contributed by atoms with Crippen LogP contribution < -0.4 is 14.3 Å². The first kappa shape index (κ1) is 29.3. The Bertz CT molecular complexity index is 1350. The van der Waals surface area contributed by atoms with Crippen LogP contribution in [-0.2, 0) is 42.2 Å². The van der Waals surface area contributed by atoms with Crippen molar-refractivity contribution in [3.63, 3.8) is 0 Å². The first-order valence-corrected chi connectivity index (χ1v) is 13.7. The molecule has 1 heterocycles. The van der Waals surface area contributed by atoms with Crippen molar-refractivity contribution in [1.82, 2.24) is 15.0 Å². The highest BCUT2D eigenvalue weighted by Gasteiger charge is 2.33. The zero-order valence-electron chi connectivity index (χ0n) is 18.7. The summed E-state index contributed by atoms with van der Waals surface area (Å²) < 4.78 is 58.5. The fourth-order valence-corrected chi connectivity index (χ4v) is 5.44. The van der Waals surface area contributed by atoms with E-state index in [0.29, 0.717) is 0 Å². The van der Waals surface area contributed by atoms with Gasteiger partial charge in [0, 0.05) is 13.1 Å². The summed E-state index contributed by atoms with van der Waals surface area (Å²) in [5.74, 6) is -3.09. The number of likely N-dealkylation sites (N-methyl/N-ethyl adjacent to an activating group) is 1. The molecule has 0 saturated carbocycles. The lowest BCUT2D eigenvalue weighted by atomic mass is 10.2. The number of ether oxygens (including phenoxy) is 2. The molecule has 0 radical (unpaired) electrons. The number of carbonyl (C=O) groups excluding carboxylic acids is 1. The molecule has 0 spiro atoms. The van der Waals surface area contributed by atoms with Crippen molar-refractivity contribution < 1.29 is 41.3 Å². The van der Waals surface area contributed by atoms with Gasteiger partial charge in [-0.1, -0.05) is 34.8 Å². The molecule has 2 unspecified atom stereocenters. The molecule has 0 bridgehead atoms. The molecule has 0 fully saturated rings. The van der Waals surface area contributed by atoms with Gasteiger partial charge in [-0.2, -0.15) is 5.12 Å². The zero-order chi connectivity index (χ0) is 27.5. The molecule has 1 aliphatic heterocycles. The summed E-state index contributed by atoms with van der Waals surface area (Å²) in [5, 5.41) is 11.9. The number of hydrogen-bond acceptors (Lipinski definition) is 9. The number of hydrazine groups is 2. The lowest BCUT2D eigenvalue weighted by Gasteiger charge is -2.37. The molecular weight excluding hydrogens is 599 g/mol. The van der Waals surface area contributed by atoms with E-state index in [9.17, 15) is 22.2 Å². The first-order chi connectivity index (χ1) is 17.3. The van der Waals surface area contributed by atoms with Crippen molar-refractivity contribution in [2.24, 2.45) is 0 Å². The van der Waals surface area contributed by atoms with Gasteiger partial charge >= 0.3 is 11.9 Å². The number of carboxylic acid groups (broad SMARTS) is 1. The van der Waals surface area contributed by atoms with Gasteiger partial charge in [0.25, 0.3) is 21.3 Å². The largest absolute Gasteiger partial charge is 0.490 e. The average molecular weight is 618 g/mol. The van der Waals surface area contributed by atoms with E-state index >= 15 is 0 Å². The van der Waals surface area contributed by atoms with Gasteiger partial charge in [0.05, 0.1) is 38.7 Å². The molecule has 37 heavy (non-hydrogen) atoms. The van der Waals surface area contributed by atoms with Gasteiger partial charge in [-0.05, 0) is 29.8 Å². The summed E-state index contributed by atoms with van der Waals surface area (Å²) in [6.07, 6.45) is -1.16. The molecule has 0 amide bonds. The van der Waals surface area contributed by atoms with Gasteiger partial charge in [-0.25, -0.2) is 27.2 Å². The molecule has 0 aliphatic carbocycles. The van der Waals surface area contributed by atoms with Crippen molar-refractivity contribution in [2.75, 3.05) is 24.9 Å². The van der Waals surface area contributed by atoms with Crippen LogP contribution in [0, 0.1) is 0 Å². The number of aliphatic carboxylic acids is 1. The number of sulfonamides is 1. The average Bonchev–Trinajstić information content (AvgIpc) is 2.79. The van der Waals surface area contributed by atoms with Gasteiger partial charge in [-0.15, -0.1) is 4.83 Å². The van der Waals surface area contributed by atoms with E-state index in [0.717, 1.165) is 6.07 Å². The highest BCUT2D eigenvalue weighted by Crippen LogP contribution is 2.32. The Balaban J connectivity index is 1.78. The second-order valence-corrected chi connectivity index (χ2v) is 11.1. The standard InChI is InChI=1S/C19H19Cl3N4O9S2/c1-25(8-12(35-19(29)18(27)28)9-34-11-2-3-13(20)14(21)5-11)26-7-10-4-15(22)16(23-36(30)31)6-17(10)37(32,33)24-26/h2-6,12,23-24H,7-9H2,1H3,(H,27,28)(H,30,31). The lowest BCUT2D eigenvalue weighted by Crippen LogP contribution is -2.56. The number of halogens is 3. The Hall–Kier alpha value is -2.21. The third-order valence-electron chi connectivity index (χ3n) is 4.84. The number of anilines is 1. The molecule has 4 N–H and O–H groups in total. The number of nitrogens with one attached hydrogen (secondary N) is 2. The predicted molar refractivity (Wildman–Crippen MR) is 134 cm³/mol. The maximum atomic E-state index is 12.9. The van der Waals surface area contributed by atoms with Crippen molar-refractivity contribution in [2.45, 2.75) is 17.5 Å². The Kier molecular flexibility index (Phi) is 9.60. The molecule has 3 rings (SSSR count). The zero-order valence-corrected chi connectivity index (χ0v) is 22.6. The van der Waals surface area contributed by atoms with Crippen LogP contribution in [0.4, 0.5) is 5.69 Å². The Morgan fingerprint density at radius 2 is 1.92 bits per heavy atom. The van der Waals surface area contributed by atoms with Crippen LogP contribution in [0.3, 0.4) is 0 Å². The monoisotopic (exact) mass is 616 g/mol.